The van der Waals surface area contributed by atoms with Crippen molar-refractivity contribution in [1.82, 2.24) is 14.7 Å². The van der Waals surface area contributed by atoms with Gasteiger partial charge >= 0.3 is 6.18 Å². The van der Waals surface area contributed by atoms with Crippen LogP contribution in [-0.4, -0.2) is 29.7 Å². The molecule has 2 atom stereocenters. The van der Waals surface area contributed by atoms with Crippen molar-refractivity contribution in [3.05, 3.63) is 106 Å². The van der Waals surface area contributed by atoms with E-state index in [1.165, 1.54) is 35.7 Å². The van der Waals surface area contributed by atoms with Gasteiger partial charge in [0.05, 0.1) is 11.7 Å². The van der Waals surface area contributed by atoms with Crippen molar-refractivity contribution in [2.24, 2.45) is 0 Å². The molecule has 1 unspecified atom stereocenters. The fraction of sp³-hybridized carbons (Fsp3) is 0.143. The van der Waals surface area contributed by atoms with Crippen LogP contribution < -0.4 is 10.5 Å². The molecule has 0 aliphatic rings. The Kier molecular flexibility index (Phi) is 7.55. The third kappa shape index (κ3) is 5.66. The molecule has 212 valence electrons. The van der Waals surface area contributed by atoms with Gasteiger partial charge in [0.15, 0.2) is 5.60 Å². The van der Waals surface area contributed by atoms with Gasteiger partial charge in [-0.3, -0.25) is 4.98 Å². The average Bonchev–Trinajstić information content (AvgIpc) is 3.36. The minimum Gasteiger partial charge on any atom is -0.384 e. The number of halogens is 4. The molecule has 5 rings (SSSR count). The van der Waals surface area contributed by atoms with Crippen molar-refractivity contribution in [3.63, 3.8) is 0 Å². The van der Waals surface area contributed by atoms with Crippen LogP contribution in [0.1, 0.15) is 29.0 Å². The summed E-state index contributed by atoms with van der Waals surface area (Å²) < 4.78 is 70.7. The van der Waals surface area contributed by atoms with Crippen LogP contribution in [0.3, 0.4) is 0 Å². The molecule has 13 heteroatoms. The lowest BCUT2D eigenvalue weighted by Gasteiger charge is -2.26. The van der Waals surface area contributed by atoms with Crippen LogP contribution in [0.25, 0.3) is 21.3 Å². The van der Waals surface area contributed by atoms with Gasteiger partial charge in [-0.15, -0.1) is 11.3 Å². The fourth-order valence-electron chi connectivity index (χ4n) is 4.23. The number of nitrogens with two attached hydrogens (primary N) is 1. The van der Waals surface area contributed by atoms with Crippen LogP contribution in [0.5, 0.6) is 0 Å². The topological polar surface area (TPSA) is 118 Å². The van der Waals surface area contributed by atoms with E-state index in [-0.39, 0.29) is 22.0 Å². The lowest BCUT2D eigenvalue weighted by molar-refractivity contribution is -0.258. The maximum Gasteiger partial charge on any atom is 0.421 e. The van der Waals surface area contributed by atoms with Crippen molar-refractivity contribution in [2.75, 3.05) is 5.73 Å². The molecule has 0 radical (unpaired) electrons. The molecule has 4 N–H and O–H groups in total. The highest BCUT2D eigenvalue weighted by Gasteiger charge is 2.51. The first-order valence-corrected chi connectivity index (χ1v) is 14.7. The molecule has 0 aliphatic carbocycles. The molecule has 0 spiro atoms. The highest BCUT2D eigenvalue weighted by molar-refractivity contribution is 7.89. The van der Waals surface area contributed by atoms with Crippen molar-refractivity contribution in [3.8, 4) is 11.3 Å². The number of nitrogens with one attached hydrogen (secondary N) is 1. The van der Waals surface area contributed by atoms with Crippen LogP contribution in [-0.2, 0) is 15.6 Å². The van der Waals surface area contributed by atoms with E-state index in [0.717, 1.165) is 12.3 Å². The second-order valence-corrected chi connectivity index (χ2v) is 12.6. The molecule has 3 heterocycles. The monoisotopic (exact) mass is 618 g/mol. The highest BCUT2D eigenvalue weighted by atomic mass is 35.5. The first-order valence-electron chi connectivity index (χ1n) is 12.0. The zero-order valence-electron chi connectivity index (χ0n) is 21.2. The predicted molar refractivity (Wildman–Crippen MR) is 153 cm³/mol. The number of aliphatic hydroxyl groups is 1. The SMILES string of the molecule is CC(O)(c1ccnc(-c2cccc3cc([C@H](NS(=O)(=O)c4ccc(N)nc4)c4ccccc4Cl)sc23)c1)C(F)(F)F. The zero-order chi connectivity index (χ0) is 29.6. The third-order valence-electron chi connectivity index (χ3n) is 6.56. The molecule has 0 saturated heterocycles. The second kappa shape index (κ2) is 10.7. The van der Waals surface area contributed by atoms with Crippen LogP contribution in [0.4, 0.5) is 19.0 Å². The van der Waals surface area contributed by atoms with Gasteiger partial charge in [-0.1, -0.05) is 48.0 Å². The zero-order valence-corrected chi connectivity index (χ0v) is 23.6. The second-order valence-electron chi connectivity index (χ2n) is 9.37. The van der Waals surface area contributed by atoms with Gasteiger partial charge in [0.2, 0.25) is 10.0 Å². The summed E-state index contributed by atoms with van der Waals surface area (Å²) in [6.45, 7) is 0.687. The molecule has 3 aromatic heterocycles. The molecular formula is C28H22ClF3N4O3S2. The summed E-state index contributed by atoms with van der Waals surface area (Å²) in [6, 6.07) is 17.9. The van der Waals surface area contributed by atoms with E-state index in [9.17, 15) is 26.7 Å². The molecule has 0 saturated carbocycles. The molecule has 5 aromatic rings. The minimum atomic E-state index is -4.90. The Morgan fingerprint density at radius 3 is 2.46 bits per heavy atom. The number of nitrogens with zero attached hydrogens (tertiary/aromatic N) is 2. The molecule has 0 aliphatic heterocycles. The Morgan fingerprint density at radius 2 is 1.78 bits per heavy atom. The molecular weight excluding hydrogens is 597 g/mol. The number of nitrogen functional groups attached to an aromatic ring is 1. The van der Waals surface area contributed by atoms with Gasteiger partial charge in [-0.05, 0) is 59.8 Å². The molecule has 41 heavy (non-hydrogen) atoms. The number of alkyl halides is 3. The molecule has 0 fully saturated rings. The first-order chi connectivity index (χ1) is 19.3. The Balaban J connectivity index is 1.63. The van der Waals surface area contributed by atoms with Crippen molar-refractivity contribution in [2.45, 2.75) is 29.6 Å². The normalized spacial score (nSPS) is 14.6. The Hall–Kier alpha value is -3.55. The predicted octanol–water partition coefficient (Wildman–Crippen LogP) is 6.43. The summed E-state index contributed by atoms with van der Waals surface area (Å²) in [5, 5.41) is 11.3. The maximum absolute atomic E-state index is 13.5. The Morgan fingerprint density at radius 1 is 1.02 bits per heavy atom. The van der Waals surface area contributed by atoms with Gasteiger partial charge in [-0.25, -0.2) is 13.4 Å². The van der Waals surface area contributed by atoms with E-state index in [0.29, 0.717) is 38.0 Å². The highest BCUT2D eigenvalue weighted by Crippen LogP contribution is 2.42. The number of pyridine rings is 2. The van der Waals surface area contributed by atoms with E-state index in [2.05, 4.69) is 14.7 Å². The van der Waals surface area contributed by atoms with Gasteiger partial charge in [0, 0.05) is 32.6 Å². The molecule has 7 nitrogen and oxygen atoms in total. The number of hydrogen-bond donors (Lipinski definition) is 3. The Bertz CT molecular complexity index is 1840. The van der Waals surface area contributed by atoms with Crippen molar-refractivity contribution in [1.29, 1.82) is 0 Å². The summed E-state index contributed by atoms with van der Waals surface area (Å²) in [6.07, 6.45) is -2.54. The van der Waals surface area contributed by atoms with E-state index < -0.39 is 27.8 Å². The standard InChI is InChI=1S/C28H22ClF3N4O3S2/c1-27(37,28(30,31)32)17-11-12-34-22(14-17)20-7-4-5-16-13-23(40-26(16)20)25(19-6-2-3-8-21(19)29)36-41(38,39)18-9-10-24(33)35-15-18/h2-15,25,36-37H,1H3,(H2,33,35)/t25-,27?/m1/s1. The molecule has 2 aromatic carbocycles. The number of rotatable bonds is 7. The lowest BCUT2D eigenvalue weighted by Crippen LogP contribution is -2.39. The summed E-state index contributed by atoms with van der Waals surface area (Å²) >= 11 is 7.74. The van der Waals surface area contributed by atoms with Crippen molar-refractivity contribution >= 4 is 48.9 Å². The van der Waals surface area contributed by atoms with Crippen LogP contribution in [0.2, 0.25) is 5.02 Å². The van der Waals surface area contributed by atoms with Crippen LogP contribution >= 0.6 is 22.9 Å². The first kappa shape index (κ1) is 29.0. The summed E-state index contributed by atoms with van der Waals surface area (Å²) in [5.41, 5.74) is 3.41. The molecule has 0 bridgehead atoms. The lowest BCUT2D eigenvalue weighted by atomic mass is 9.94. The van der Waals surface area contributed by atoms with E-state index in [1.54, 1.807) is 48.5 Å². The number of fused-ring (bicyclic) bond motifs is 1. The van der Waals surface area contributed by atoms with Gasteiger partial charge in [-0.2, -0.15) is 17.9 Å². The Labute approximate surface area is 242 Å². The number of sulfonamides is 1. The number of aromatic nitrogens is 2. The maximum atomic E-state index is 13.5. The van der Waals surface area contributed by atoms with Gasteiger partial charge in [0.1, 0.15) is 10.7 Å². The largest absolute Gasteiger partial charge is 0.421 e. The van der Waals surface area contributed by atoms with Crippen LogP contribution in [0.15, 0.2) is 90.1 Å². The van der Waals surface area contributed by atoms with E-state index >= 15 is 0 Å². The smallest absolute Gasteiger partial charge is 0.384 e. The van der Waals surface area contributed by atoms with Crippen molar-refractivity contribution < 1.29 is 26.7 Å². The number of anilines is 1. The molecule has 0 amide bonds. The summed E-state index contributed by atoms with van der Waals surface area (Å²) in [7, 11) is -4.09. The average molecular weight is 619 g/mol. The number of hydrogen-bond acceptors (Lipinski definition) is 7. The minimum absolute atomic E-state index is 0.0942. The quantitative estimate of drug-likeness (QED) is 0.193. The summed E-state index contributed by atoms with van der Waals surface area (Å²) in [4.78, 5) is 8.62. The fourth-order valence-corrected chi connectivity index (χ4v) is 6.94. The van der Waals surface area contributed by atoms with Gasteiger partial charge < -0.3 is 10.8 Å². The van der Waals surface area contributed by atoms with E-state index in [1.807, 2.05) is 0 Å². The number of benzene rings is 2. The number of thiophene rings is 1. The van der Waals surface area contributed by atoms with Gasteiger partial charge in [0.25, 0.3) is 0 Å². The third-order valence-corrected chi connectivity index (χ3v) is 9.56. The van der Waals surface area contributed by atoms with E-state index in [4.69, 9.17) is 17.3 Å². The summed E-state index contributed by atoms with van der Waals surface area (Å²) in [5.74, 6) is 0.165. The van der Waals surface area contributed by atoms with Crippen LogP contribution in [0, 0.1) is 0 Å².